The van der Waals surface area contributed by atoms with Crippen molar-refractivity contribution in [3.05, 3.63) is 35.9 Å². The molecule has 1 rings (SSSR count). The monoisotopic (exact) mass is 221 g/mol. The van der Waals surface area contributed by atoms with E-state index in [1.54, 1.807) is 7.05 Å². The molecule has 0 aliphatic carbocycles. The molecule has 0 aromatic heterocycles. The van der Waals surface area contributed by atoms with Crippen molar-refractivity contribution >= 4 is 12.3 Å². The molecule has 0 heterocycles. The molecule has 0 aliphatic rings. The van der Waals surface area contributed by atoms with Crippen molar-refractivity contribution in [2.24, 2.45) is 0 Å². The van der Waals surface area contributed by atoms with Crippen molar-refractivity contribution in [2.45, 2.75) is 12.5 Å². The topological polar surface area (TPSA) is 70.2 Å². The fraction of sp³-hybridized carbons (Fsp3) is 0.273. The maximum Gasteiger partial charge on any atom is 0.255 e. The summed E-state index contributed by atoms with van der Waals surface area (Å²) in [6.07, 6.45) is 0.997. The Bertz CT molecular complexity index is 340. The van der Waals surface area contributed by atoms with Crippen molar-refractivity contribution in [3.8, 4) is 0 Å². The summed E-state index contributed by atoms with van der Waals surface area (Å²) in [7, 11) is 1.70. The maximum absolute atomic E-state index is 11.5. The Morgan fingerprint density at radius 2 is 2.06 bits per heavy atom. The summed E-state index contributed by atoms with van der Waals surface area (Å²) >= 11 is 0. The van der Waals surface area contributed by atoms with E-state index in [1.807, 2.05) is 30.3 Å². The summed E-state index contributed by atoms with van der Waals surface area (Å²) in [5, 5.41) is 2.89. The predicted octanol–water partition coefficient (Wildman–Crippen LogP) is -0.406. The molecule has 0 spiro atoms. The smallest absolute Gasteiger partial charge is 0.255 e. The highest BCUT2D eigenvalue weighted by Gasteiger charge is 2.15. The number of benzene rings is 1. The van der Waals surface area contributed by atoms with E-state index in [2.05, 4.69) is 16.2 Å². The first kappa shape index (κ1) is 12.2. The number of carbonyl (C=O) groups excluding carboxylic acids is 2. The Morgan fingerprint density at radius 1 is 1.38 bits per heavy atom. The van der Waals surface area contributed by atoms with E-state index in [1.165, 1.54) is 0 Å². The van der Waals surface area contributed by atoms with E-state index in [9.17, 15) is 9.59 Å². The molecule has 86 valence electrons. The summed E-state index contributed by atoms with van der Waals surface area (Å²) < 4.78 is 0. The lowest BCUT2D eigenvalue weighted by atomic mass is 10.1. The largest absolute Gasteiger partial charge is 0.309 e. The number of carbonyl (C=O) groups is 2. The Kier molecular flexibility index (Phi) is 5.01. The number of nitrogens with one attached hydrogen (secondary N) is 3. The Hall–Kier alpha value is -1.88. The third kappa shape index (κ3) is 3.70. The van der Waals surface area contributed by atoms with Gasteiger partial charge in [0.15, 0.2) is 0 Å². The molecule has 1 atom stereocenters. The number of hydrazine groups is 1. The molecular formula is C11H15N3O2. The molecule has 0 radical (unpaired) electrons. The van der Waals surface area contributed by atoms with Gasteiger partial charge in [-0.05, 0) is 19.0 Å². The van der Waals surface area contributed by atoms with Crippen molar-refractivity contribution in [1.29, 1.82) is 0 Å². The van der Waals surface area contributed by atoms with Gasteiger partial charge in [-0.15, -0.1) is 0 Å². The lowest BCUT2D eigenvalue weighted by Gasteiger charge is -2.15. The van der Waals surface area contributed by atoms with Crippen LogP contribution in [0.3, 0.4) is 0 Å². The average Bonchev–Trinajstić information content (AvgIpc) is 2.34. The van der Waals surface area contributed by atoms with Gasteiger partial charge in [-0.3, -0.25) is 20.4 Å². The molecule has 2 amide bonds. The zero-order valence-corrected chi connectivity index (χ0v) is 9.07. The minimum absolute atomic E-state index is 0.265. The fourth-order valence-corrected chi connectivity index (χ4v) is 1.36. The van der Waals surface area contributed by atoms with Gasteiger partial charge in [0.25, 0.3) is 5.91 Å². The van der Waals surface area contributed by atoms with Crippen LogP contribution < -0.4 is 16.2 Å². The lowest BCUT2D eigenvalue weighted by Crippen LogP contribution is -2.48. The molecule has 0 bridgehead atoms. The van der Waals surface area contributed by atoms with Crippen LogP contribution in [0.25, 0.3) is 0 Å². The third-order valence-electron chi connectivity index (χ3n) is 2.20. The number of amides is 2. The molecule has 0 saturated carbocycles. The van der Waals surface area contributed by atoms with Crippen LogP contribution in [0.2, 0.25) is 0 Å². The van der Waals surface area contributed by atoms with Crippen LogP contribution in [0.1, 0.15) is 5.56 Å². The lowest BCUT2D eigenvalue weighted by molar-refractivity contribution is -0.126. The van der Waals surface area contributed by atoms with Gasteiger partial charge in [0.2, 0.25) is 6.41 Å². The van der Waals surface area contributed by atoms with E-state index in [4.69, 9.17) is 0 Å². The van der Waals surface area contributed by atoms with E-state index in [0.717, 1.165) is 5.56 Å². The summed E-state index contributed by atoms with van der Waals surface area (Å²) in [4.78, 5) is 21.6. The summed E-state index contributed by atoms with van der Waals surface area (Å²) in [5.41, 5.74) is 5.47. The minimum atomic E-state index is -0.366. The van der Waals surface area contributed by atoms with Crippen LogP contribution in [0.4, 0.5) is 0 Å². The number of likely N-dealkylation sites (N-methyl/N-ethyl adjacent to an activating group) is 1. The molecule has 0 saturated heterocycles. The second-order valence-corrected chi connectivity index (χ2v) is 3.28. The molecule has 1 aromatic carbocycles. The Balaban J connectivity index is 2.55. The summed E-state index contributed by atoms with van der Waals surface area (Å²) in [5.74, 6) is -0.265. The van der Waals surface area contributed by atoms with Gasteiger partial charge in [0, 0.05) is 0 Å². The molecule has 3 N–H and O–H groups in total. The van der Waals surface area contributed by atoms with Crippen molar-refractivity contribution in [1.82, 2.24) is 16.2 Å². The summed E-state index contributed by atoms with van der Waals surface area (Å²) in [6, 6.07) is 9.30. The van der Waals surface area contributed by atoms with Gasteiger partial charge in [-0.2, -0.15) is 0 Å². The van der Waals surface area contributed by atoms with Crippen LogP contribution in [0.15, 0.2) is 30.3 Å². The minimum Gasteiger partial charge on any atom is -0.309 e. The third-order valence-corrected chi connectivity index (χ3v) is 2.20. The first-order valence-electron chi connectivity index (χ1n) is 4.98. The molecule has 16 heavy (non-hydrogen) atoms. The molecular weight excluding hydrogens is 206 g/mol. The second kappa shape index (κ2) is 6.58. The number of hydrogen-bond acceptors (Lipinski definition) is 3. The summed E-state index contributed by atoms with van der Waals surface area (Å²) in [6.45, 7) is 0. The molecule has 5 heteroatoms. The van der Waals surface area contributed by atoms with Gasteiger partial charge in [-0.1, -0.05) is 30.3 Å². The highest BCUT2D eigenvalue weighted by molar-refractivity contribution is 5.82. The molecule has 0 aliphatic heterocycles. The zero-order chi connectivity index (χ0) is 11.8. The predicted molar refractivity (Wildman–Crippen MR) is 60.3 cm³/mol. The molecule has 5 nitrogen and oxygen atoms in total. The highest BCUT2D eigenvalue weighted by atomic mass is 16.2. The Morgan fingerprint density at radius 3 is 2.62 bits per heavy atom. The number of hydrogen-bond donors (Lipinski definition) is 3. The van der Waals surface area contributed by atoms with Crippen LogP contribution in [-0.2, 0) is 16.0 Å². The Labute approximate surface area is 94.2 Å². The van der Waals surface area contributed by atoms with Crippen molar-refractivity contribution in [3.63, 3.8) is 0 Å². The van der Waals surface area contributed by atoms with E-state index < -0.39 is 0 Å². The maximum atomic E-state index is 11.5. The van der Waals surface area contributed by atoms with Gasteiger partial charge < -0.3 is 5.32 Å². The zero-order valence-electron chi connectivity index (χ0n) is 9.07. The van der Waals surface area contributed by atoms with E-state index >= 15 is 0 Å². The van der Waals surface area contributed by atoms with Crippen molar-refractivity contribution in [2.75, 3.05) is 7.05 Å². The van der Waals surface area contributed by atoms with Gasteiger partial charge in [-0.25, -0.2) is 0 Å². The fourth-order valence-electron chi connectivity index (χ4n) is 1.36. The second-order valence-electron chi connectivity index (χ2n) is 3.28. The van der Waals surface area contributed by atoms with Crippen molar-refractivity contribution < 1.29 is 9.59 Å². The molecule has 1 aromatic rings. The average molecular weight is 221 g/mol. The van der Waals surface area contributed by atoms with Crippen LogP contribution in [0.5, 0.6) is 0 Å². The quantitative estimate of drug-likeness (QED) is 0.452. The normalized spacial score (nSPS) is 11.6. The molecule has 0 fully saturated rings. The molecule has 0 unspecified atom stereocenters. The van der Waals surface area contributed by atoms with Gasteiger partial charge >= 0.3 is 0 Å². The first-order valence-corrected chi connectivity index (χ1v) is 4.98. The SMILES string of the molecule is CN[C@H](Cc1ccccc1)C(=O)NNC=O. The van der Waals surface area contributed by atoms with Gasteiger partial charge in [0.05, 0.1) is 6.04 Å². The first-order chi connectivity index (χ1) is 7.77. The number of rotatable bonds is 6. The van der Waals surface area contributed by atoms with E-state index in [0.29, 0.717) is 12.8 Å². The van der Waals surface area contributed by atoms with E-state index in [-0.39, 0.29) is 11.9 Å². The van der Waals surface area contributed by atoms with Crippen LogP contribution in [0, 0.1) is 0 Å². The van der Waals surface area contributed by atoms with Crippen LogP contribution >= 0.6 is 0 Å². The van der Waals surface area contributed by atoms with Crippen LogP contribution in [-0.4, -0.2) is 25.4 Å². The standard InChI is InChI=1S/C11H15N3O2/c1-12-10(11(16)14-13-8-15)7-9-5-3-2-4-6-9/h2-6,8,10,12H,7H2,1H3,(H,13,15)(H,14,16)/t10-/m1/s1. The van der Waals surface area contributed by atoms with Gasteiger partial charge in [0.1, 0.15) is 0 Å². The highest BCUT2D eigenvalue weighted by Crippen LogP contribution is 2.02.